The molecule has 0 aliphatic carbocycles. The lowest BCUT2D eigenvalue weighted by Crippen LogP contribution is -2.39. The molecular weight excluding hydrogens is 443 g/mol. The lowest BCUT2D eigenvalue weighted by molar-refractivity contribution is 0.0937. The first-order chi connectivity index (χ1) is 17.0. The number of nitrogens with one attached hydrogen (secondary N) is 1. The number of ether oxygens (including phenoxy) is 1. The van der Waals surface area contributed by atoms with E-state index in [2.05, 4.69) is 39.8 Å². The average molecular weight is 471 g/mol. The van der Waals surface area contributed by atoms with Crippen LogP contribution in [0.5, 0.6) is 0 Å². The number of carbonyl (C=O) groups is 1. The zero-order valence-electron chi connectivity index (χ0n) is 19.8. The number of benzene rings is 3. The second-order valence-corrected chi connectivity index (χ2v) is 8.85. The number of aromatic nitrogens is 2. The Labute approximate surface area is 203 Å². The van der Waals surface area contributed by atoms with Gasteiger partial charge in [0.1, 0.15) is 5.82 Å². The van der Waals surface area contributed by atoms with Gasteiger partial charge in [-0.3, -0.25) is 4.79 Å². The van der Waals surface area contributed by atoms with Crippen molar-refractivity contribution in [3.63, 3.8) is 0 Å². The number of anilines is 1. The molecule has 0 radical (unpaired) electrons. The summed E-state index contributed by atoms with van der Waals surface area (Å²) in [6.45, 7) is 6.14. The van der Waals surface area contributed by atoms with Crippen molar-refractivity contribution in [3.8, 4) is 11.3 Å². The third kappa shape index (κ3) is 4.86. The molecule has 178 valence electrons. The van der Waals surface area contributed by atoms with Gasteiger partial charge in [0, 0.05) is 18.7 Å². The number of nitrogens with zero attached hydrogens (tertiary/aromatic N) is 3. The van der Waals surface area contributed by atoms with E-state index < -0.39 is 5.82 Å². The van der Waals surface area contributed by atoms with Crippen molar-refractivity contribution in [1.29, 1.82) is 0 Å². The summed E-state index contributed by atoms with van der Waals surface area (Å²) < 4.78 is 20.1. The van der Waals surface area contributed by atoms with Crippen LogP contribution in [0.15, 0.2) is 66.7 Å². The molecule has 1 atom stereocenters. The molecule has 35 heavy (non-hydrogen) atoms. The molecule has 6 nitrogen and oxygen atoms in total. The standard InChI is InChI=1S/C28H27FN4O2/c1-18-7-10-25(29)23(15-18)26-17-24(27(32-31-26)33-11-13-35-14-12-33)28(34)30-19(2)21-9-8-20-5-3-4-6-22(20)16-21/h3-10,15-17,19H,11-14H2,1-2H3,(H,30,34)/t19-/m1/s1. The number of halogens is 1. The Morgan fingerprint density at radius 2 is 1.77 bits per heavy atom. The van der Waals surface area contributed by atoms with E-state index in [1.54, 1.807) is 18.2 Å². The zero-order valence-corrected chi connectivity index (χ0v) is 19.8. The van der Waals surface area contributed by atoms with Gasteiger partial charge in [-0.2, -0.15) is 0 Å². The molecule has 1 aromatic heterocycles. The van der Waals surface area contributed by atoms with Crippen LogP contribution in [0.2, 0.25) is 0 Å². The summed E-state index contributed by atoms with van der Waals surface area (Å²) in [7, 11) is 0. The Balaban J connectivity index is 1.49. The second kappa shape index (κ2) is 9.80. The van der Waals surface area contributed by atoms with Gasteiger partial charge in [0.25, 0.3) is 5.91 Å². The predicted molar refractivity (Wildman–Crippen MR) is 135 cm³/mol. The maximum Gasteiger partial charge on any atom is 0.255 e. The highest BCUT2D eigenvalue weighted by Crippen LogP contribution is 2.28. The fourth-order valence-electron chi connectivity index (χ4n) is 4.36. The molecule has 0 saturated carbocycles. The maximum absolute atomic E-state index is 14.6. The van der Waals surface area contributed by atoms with Gasteiger partial charge in [-0.25, -0.2) is 4.39 Å². The smallest absolute Gasteiger partial charge is 0.255 e. The Morgan fingerprint density at radius 1 is 1.00 bits per heavy atom. The van der Waals surface area contributed by atoms with Gasteiger partial charge < -0.3 is 15.0 Å². The van der Waals surface area contributed by atoms with Crippen LogP contribution in [0.3, 0.4) is 0 Å². The molecule has 7 heteroatoms. The first-order valence-corrected chi connectivity index (χ1v) is 11.8. The largest absolute Gasteiger partial charge is 0.378 e. The second-order valence-electron chi connectivity index (χ2n) is 8.85. The zero-order chi connectivity index (χ0) is 24.4. The minimum Gasteiger partial charge on any atom is -0.378 e. The normalized spacial score (nSPS) is 14.7. The van der Waals surface area contributed by atoms with Crippen molar-refractivity contribution < 1.29 is 13.9 Å². The highest BCUT2D eigenvalue weighted by atomic mass is 19.1. The molecule has 1 fully saturated rings. The van der Waals surface area contributed by atoms with E-state index in [0.29, 0.717) is 48.9 Å². The number of hydrogen-bond donors (Lipinski definition) is 1. The van der Waals surface area contributed by atoms with Gasteiger partial charge in [0.15, 0.2) is 5.82 Å². The molecule has 5 rings (SSSR count). The summed E-state index contributed by atoms with van der Waals surface area (Å²) in [5, 5.41) is 14.0. The highest BCUT2D eigenvalue weighted by Gasteiger charge is 2.24. The monoisotopic (exact) mass is 470 g/mol. The van der Waals surface area contributed by atoms with Crippen LogP contribution >= 0.6 is 0 Å². The van der Waals surface area contributed by atoms with Crippen molar-refractivity contribution >= 4 is 22.5 Å². The SMILES string of the molecule is Cc1ccc(F)c(-c2cc(C(=O)N[C@H](C)c3ccc4ccccc4c3)c(N3CCOCC3)nn2)c1. The van der Waals surface area contributed by atoms with Crippen molar-refractivity contribution in [2.45, 2.75) is 19.9 Å². The summed E-state index contributed by atoms with van der Waals surface area (Å²) in [6.07, 6.45) is 0. The van der Waals surface area contributed by atoms with Gasteiger partial charge in [-0.05, 0) is 54.4 Å². The molecule has 1 aliphatic heterocycles. The predicted octanol–water partition coefficient (Wildman–Crippen LogP) is 5.07. The van der Waals surface area contributed by atoms with Crippen LogP contribution in [0.25, 0.3) is 22.0 Å². The van der Waals surface area contributed by atoms with Gasteiger partial charge in [-0.1, -0.05) is 48.0 Å². The number of rotatable bonds is 5. The van der Waals surface area contributed by atoms with E-state index in [1.165, 1.54) is 6.07 Å². The summed E-state index contributed by atoms with van der Waals surface area (Å²) >= 11 is 0. The average Bonchev–Trinajstić information content (AvgIpc) is 2.90. The third-order valence-electron chi connectivity index (χ3n) is 6.35. The van der Waals surface area contributed by atoms with E-state index in [9.17, 15) is 9.18 Å². The van der Waals surface area contributed by atoms with Crippen molar-refractivity contribution in [2.75, 3.05) is 31.2 Å². The van der Waals surface area contributed by atoms with Gasteiger partial charge in [0.2, 0.25) is 0 Å². The van der Waals surface area contributed by atoms with E-state index in [1.807, 2.05) is 36.9 Å². The molecule has 1 amide bonds. The molecule has 3 aromatic carbocycles. The molecule has 0 unspecified atom stereocenters. The minimum atomic E-state index is -0.403. The first kappa shape index (κ1) is 22.9. The lowest BCUT2D eigenvalue weighted by atomic mass is 10.0. The molecular formula is C28H27FN4O2. The Kier molecular flexibility index (Phi) is 6.42. The van der Waals surface area contributed by atoms with Gasteiger partial charge in [-0.15, -0.1) is 10.2 Å². The van der Waals surface area contributed by atoms with Gasteiger partial charge >= 0.3 is 0 Å². The molecule has 1 saturated heterocycles. The van der Waals surface area contributed by atoms with E-state index in [0.717, 1.165) is 21.9 Å². The molecule has 2 heterocycles. The van der Waals surface area contributed by atoms with Crippen molar-refractivity contribution in [2.24, 2.45) is 0 Å². The maximum atomic E-state index is 14.6. The van der Waals surface area contributed by atoms with Crippen molar-refractivity contribution in [1.82, 2.24) is 15.5 Å². The topological polar surface area (TPSA) is 67.4 Å². The fourth-order valence-corrected chi connectivity index (χ4v) is 4.36. The Morgan fingerprint density at radius 3 is 2.57 bits per heavy atom. The molecule has 0 bridgehead atoms. The van der Waals surface area contributed by atoms with Crippen LogP contribution < -0.4 is 10.2 Å². The van der Waals surface area contributed by atoms with Crippen LogP contribution in [-0.2, 0) is 4.74 Å². The number of hydrogen-bond acceptors (Lipinski definition) is 5. The molecule has 4 aromatic rings. The number of aryl methyl sites for hydroxylation is 1. The number of morpholine rings is 1. The summed E-state index contributed by atoms with van der Waals surface area (Å²) in [6, 6.07) is 20.5. The van der Waals surface area contributed by atoms with E-state index in [4.69, 9.17) is 4.74 Å². The van der Waals surface area contributed by atoms with E-state index >= 15 is 0 Å². The van der Waals surface area contributed by atoms with Crippen LogP contribution in [0, 0.1) is 12.7 Å². The highest BCUT2D eigenvalue weighted by molar-refractivity contribution is 6.00. The quantitative estimate of drug-likeness (QED) is 0.441. The van der Waals surface area contributed by atoms with Crippen molar-refractivity contribution in [3.05, 3.63) is 89.2 Å². The summed E-state index contributed by atoms with van der Waals surface area (Å²) in [4.78, 5) is 15.5. The summed E-state index contributed by atoms with van der Waals surface area (Å²) in [5.41, 5.74) is 2.91. The van der Waals surface area contributed by atoms with E-state index in [-0.39, 0.29) is 11.9 Å². The Bertz CT molecular complexity index is 1380. The van der Waals surface area contributed by atoms with Crippen LogP contribution in [0.1, 0.15) is 34.5 Å². The first-order valence-electron chi connectivity index (χ1n) is 11.8. The van der Waals surface area contributed by atoms with Gasteiger partial charge in [0.05, 0.1) is 30.5 Å². The number of carbonyl (C=O) groups excluding carboxylic acids is 1. The molecule has 1 aliphatic rings. The lowest BCUT2D eigenvalue weighted by Gasteiger charge is -2.29. The minimum absolute atomic E-state index is 0.239. The third-order valence-corrected chi connectivity index (χ3v) is 6.35. The molecule has 1 N–H and O–H groups in total. The fraction of sp³-hybridized carbons (Fsp3) is 0.250. The summed E-state index contributed by atoms with van der Waals surface area (Å²) in [5.74, 6) is -0.204. The Hall–Kier alpha value is -3.84. The number of amides is 1. The van der Waals surface area contributed by atoms with Crippen LogP contribution in [0.4, 0.5) is 10.2 Å². The van der Waals surface area contributed by atoms with Crippen LogP contribution in [-0.4, -0.2) is 42.4 Å². The number of fused-ring (bicyclic) bond motifs is 1. The molecule has 0 spiro atoms.